The van der Waals surface area contributed by atoms with E-state index in [-0.39, 0.29) is 5.91 Å². The van der Waals surface area contributed by atoms with Crippen LogP contribution in [0, 0.1) is 6.92 Å². The van der Waals surface area contributed by atoms with Crippen molar-refractivity contribution in [3.63, 3.8) is 0 Å². The highest BCUT2D eigenvalue weighted by molar-refractivity contribution is 5.95. The second kappa shape index (κ2) is 7.74. The summed E-state index contributed by atoms with van der Waals surface area (Å²) < 4.78 is 11.6. The van der Waals surface area contributed by atoms with Crippen LogP contribution in [0.2, 0.25) is 0 Å². The molecular weight excluding hydrogens is 340 g/mol. The number of aryl methyl sites for hydroxylation is 1. The van der Waals surface area contributed by atoms with Crippen molar-refractivity contribution in [1.82, 2.24) is 10.6 Å². The molecule has 0 saturated heterocycles. The second-order valence-corrected chi connectivity index (χ2v) is 6.89. The summed E-state index contributed by atoms with van der Waals surface area (Å²) in [4.78, 5) is 12.5. The lowest BCUT2D eigenvalue weighted by atomic mass is 9.96. The smallest absolute Gasteiger partial charge is 0.246 e. The van der Waals surface area contributed by atoms with E-state index in [1.54, 1.807) is 6.08 Å². The van der Waals surface area contributed by atoms with Crippen LogP contribution in [0.3, 0.4) is 0 Å². The molecule has 0 bridgehead atoms. The molecule has 1 amide bonds. The summed E-state index contributed by atoms with van der Waals surface area (Å²) in [6, 6.07) is 12.1. The van der Waals surface area contributed by atoms with Crippen LogP contribution in [0.5, 0.6) is 11.5 Å². The lowest BCUT2D eigenvalue weighted by Gasteiger charge is -2.23. The number of benzene rings is 2. The minimum absolute atomic E-state index is 0.110. The minimum atomic E-state index is -0.110. The molecule has 2 aliphatic rings. The molecule has 0 fully saturated rings. The first-order valence-corrected chi connectivity index (χ1v) is 9.41. The highest BCUT2D eigenvalue weighted by Gasteiger charge is 2.20. The molecular formula is C22H24N2O3. The van der Waals surface area contributed by atoms with Gasteiger partial charge in [-0.25, -0.2) is 0 Å². The van der Waals surface area contributed by atoms with Gasteiger partial charge in [0.05, 0.1) is 13.2 Å². The fourth-order valence-electron chi connectivity index (χ4n) is 3.44. The van der Waals surface area contributed by atoms with Crippen molar-refractivity contribution in [2.75, 3.05) is 19.8 Å². The quantitative estimate of drug-likeness (QED) is 0.822. The average molecular weight is 364 g/mol. The van der Waals surface area contributed by atoms with Crippen molar-refractivity contribution in [2.24, 2.45) is 0 Å². The number of rotatable bonds is 3. The first kappa shape index (κ1) is 17.5. The Labute approximate surface area is 159 Å². The Kier molecular flexibility index (Phi) is 5.01. The van der Waals surface area contributed by atoms with Crippen molar-refractivity contribution in [3.8, 4) is 11.5 Å². The first-order chi connectivity index (χ1) is 13.2. The van der Waals surface area contributed by atoms with E-state index in [2.05, 4.69) is 16.7 Å². The van der Waals surface area contributed by atoms with E-state index < -0.39 is 0 Å². The van der Waals surface area contributed by atoms with Gasteiger partial charge in [-0.2, -0.15) is 0 Å². The standard InChI is InChI=1S/C22H24N2O3/c1-15-5-2-3-6-17(15)14-24-22(25)13-19-18-12-21-20(26-9-4-10-27-21)11-16(18)7-8-23-19/h2-3,5-6,11-13,23H,4,7-10,14H2,1H3,(H,24,25). The molecule has 0 saturated carbocycles. The summed E-state index contributed by atoms with van der Waals surface area (Å²) in [5.41, 5.74) is 5.31. The third-order valence-electron chi connectivity index (χ3n) is 4.96. The second-order valence-electron chi connectivity index (χ2n) is 6.89. The molecule has 0 aliphatic carbocycles. The summed E-state index contributed by atoms with van der Waals surface area (Å²) in [7, 11) is 0. The van der Waals surface area contributed by atoms with Gasteiger partial charge in [-0.05, 0) is 42.2 Å². The van der Waals surface area contributed by atoms with Crippen LogP contribution < -0.4 is 20.1 Å². The Morgan fingerprint density at radius 2 is 1.96 bits per heavy atom. The van der Waals surface area contributed by atoms with Gasteiger partial charge in [0, 0.05) is 36.8 Å². The fourth-order valence-corrected chi connectivity index (χ4v) is 3.44. The fraction of sp³-hybridized carbons (Fsp3) is 0.318. The van der Waals surface area contributed by atoms with Crippen LogP contribution in [-0.4, -0.2) is 25.7 Å². The first-order valence-electron chi connectivity index (χ1n) is 9.41. The molecule has 2 aromatic carbocycles. The number of carbonyl (C=O) groups excluding carboxylic acids is 1. The van der Waals surface area contributed by atoms with E-state index in [9.17, 15) is 4.79 Å². The molecule has 5 nitrogen and oxygen atoms in total. The van der Waals surface area contributed by atoms with Crippen LogP contribution in [0.1, 0.15) is 28.7 Å². The van der Waals surface area contributed by atoms with Crippen LogP contribution in [-0.2, 0) is 17.8 Å². The van der Waals surface area contributed by atoms with Crippen molar-refractivity contribution in [1.29, 1.82) is 0 Å². The number of carbonyl (C=O) groups is 1. The molecule has 0 aromatic heterocycles. The number of hydrogen-bond acceptors (Lipinski definition) is 4. The predicted octanol–water partition coefficient (Wildman–Crippen LogP) is 2.96. The summed E-state index contributed by atoms with van der Waals surface area (Å²) in [5, 5.41) is 6.32. The summed E-state index contributed by atoms with van der Waals surface area (Å²) in [5.74, 6) is 1.44. The normalized spacial score (nSPS) is 16.9. The Morgan fingerprint density at radius 3 is 2.78 bits per heavy atom. The van der Waals surface area contributed by atoms with Gasteiger partial charge in [0.15, 0.2) is 11.5 Å². The van der Waals surface area contributed by atoms with E-state index in [1.165, 1.54) is 11.1 Å². The zero-order chi connectivity index (χ0) is 18.6. The van der Waals surface area contributed by atoms with Crippen LogP contribution in [0.15, 0.2) is 42.5 Å². The molecule has 2 aliphatic heterocycles. The van der Waals surface area contributed by atoms with E-state index in [4.69, 9.17) is 9.47 Å². The molecule has 0 atom stereocenters. The van der Waals surface area contributed by atoms with Gasteiger partial charge in [-0.3, -0.25) is 4.79 Å². The lowest BCUT2D eigenvalue weighted by molar-refractivity contribution is -0.116. The molecule has 2 aromatic rings. The van der Waals surface area contributed by atoms with E-state index in [1.807, 2.05) is 37.3 Å². The Balaban J connectivity index is 1.53. The van der Waals surface area contributed by atoms with Gasteiger partial charge in [0.25, 0.3) is 0 Å². The summed E-state index contributed by atoms with van der Waals surface area (Å²) in [6.07, 6.45) is 3.41. The Hall–Kier alpha value is -2.95. The largest absolute Gasteiger partial charge is 0.490 e. The number of hydrogen-bond donors (Lipinski definition) is 2. The molecule has 2 N–H and O–H groups in total. The maximum atomic E-state index is 12.5. The molecule has 140 valence electrons. The highest BCUT2D eigenvalue weighted by Crippen LogP contribution is 2.36. The number of fused-ring (bicyclic) bond motifs is 2. The van der Waals surface area contributed by atoms with Gasteiger partial charge >= 0.3 is 0 Å². The topological polar surface area (TPSA) is 59.6 Å². The van der Waals surface area contributed by atoms with Gasteiger partial charge in [-0.1, -0.05) is 24.3 Å². The number of ether oxygens (including phenoxy) is 2. The van der Waals surface area contributed by atoms with E-state index in [0.29, 0.717) is 19.8 Å². The van der Waals surface area contributed by atoms with Crippen LogP contribution in [0.25, 0.3) is 5.70 Å². The molecule has 0 radical (unpaired) electrons. The van der Waals surface area contributed by atoms with Gasteiger partial charge in [0.1, 0.15) is 0 Å². The minimum Gasteiger partial charge on any atom is -0.490 e. The van der Waals surface area contributed by atoms with Crippen molar-refractivity contribution < 1.29 is 14.3 Å². The van der Waals surface area contributed by atoms with E-state index >= 15 is 0 Å². The third-order valence-corrected chi connectivity index (χ3v) is 4.96. The van der Waals surface area contributed by atoms with Crippen molar-refractivity contribution in [2.45, 2.75) is 26.3 Å². The van der Waals surface area contributed by atoms with Gasteiger partial charge in [-0.15, -0.1) is 0 Å². The van der Waals surface area contributed by atoms with Gasteiger partial charge in [0.2, 0.25) is 5.91 Å². The number of nitrogens with one attached hydrogen (secondary N) is 2. The molecule has 27 heavy (non-hydrogen) atoms. The van der Waals surface area contributed by atoms with Crippen molar-refractivity contribution >= 4 is 11.6 Å². The summed E-state index contributed by atoms with van der Waals surface area (Å²) >= 11 is 0. The molecule has 5 heteroatoms. The predicted molar refractivity (Wildman–Crippen MR) is 105 cm³/mol. The highest BCUT2D eigenvalue weighted by atomic mass is 16.5. The zero-order valence-corrected chi connectivity index (χ0v) is 15.5. The zero-order valence-electron chi connectivity index (χ0n) is 15.5. The third kappa shape index (κ3) is 3.92. The monoisotopic (exact) mass is 364 g/mol. The van der Waals surface area contributed by atoms with Gasteiger partial charge < -0.3 is 20.1 Å². The van der Waals surface area contributed by atoms with Crippen molar-refractivity contribution in [3.05, 3.63) is 64.7 Å². The maximum Gasteiger partial charge on any atom is 0.246 e. The number of amides is 1. The Morgan fingerprint density at radius 1 is 1.19 bits per heavy atom. The molecule has 2 heterocycles. The lowest BCUT2D eigenvalue weighted by Crippen LogP contribution is -2.27. The van der Waals surface area contributed by atoms with E-state index in [0.717, 1.165) is 47.7 Å². The van der Waals surface area contributed by atoms with Crippen LogP contribution >= 0.6 is 0 Å². The summed E-state index contributed by atoms with van der Waals surface area (Å²) in [6.45, 7) is 4.68. The molecule has 0 unspecified atom stereocenters. The van der Waals surface area contributed by atoms with Crippen LogP contribution in [0.4, 0.5) is 0 Å². The maximum absolute atomic E-state index is 12.5. The molecule has 4 rings (SSSR count). The Bertz CT molecular complexity index is 889. The SMILES string of the molecule is Cc1ccccc1CNC(=O)C=C1NCCc2cc3c(cc21)OCCCO3. The average Bonchev–Trinajstić information content (AvgIpc) is 2.91. The molecule has 0 spiro atoms.